The molecule has 1 atom stereocenters. The summed E-state index contributed by atoms with van der Waals surface area (Å²) in [5.41, 5.74) is -0.640. The summed E-state index contributed by atoms with van der Waals surface area (Å²) < 4.78 is 40.3. The maximum Gasteiger partial charge on any atom is 0.418 e. The molecule has 4 rings (SSSR count). The van der Waals surface area contributed by atoms with Gasteiger partial charge in [0, 0.05) is 26.0 Å². The van der Waals surface area contributed by atoms with Crippen molar-refractivity contribution in [3.63, 3.8) is 0 Å². The first-order valence-corrected chi connectivity index (χ1v) is 14.5. The van der Waals surface area contributed by atoms with Gasteiger partial charge in [-0.05, 0) is 73.0 Å². The Labute approximate surface area is 253 Å². The lowest BCUT2D eigenvalue weighted by atomic mass is 10.1. The highest BCUT2D eigenvalue weighted by Gasteiger charge is 2.34. The predicted molar refractivity (Wildman–Crippen MR) is 162 cm³/mol. The molecule has 0 bridgehead atoms. The number of anilines is 2. The third-order valence-electron chi connectivity index (χ3n) is 5.68. The molecule has 0 aliphatic rings. The van der Waals surface area contributed by atoms with Crippen molar-refractivity contribution in [3.05, 3.63) is 117 Å². The van der Waals surface area contributed by atoms with Gasteiger partial charge in [-0.3, -0.25) is 14.4 Å². The van der Waals surface area contributed by atoms with Gasteiger partial charge in [-0.25, -0.2) is 0 Å². The number of carbonyl (C=O) groups is 3. The van der Waals surface area contributed by atoms with Crippen molar-refractivity contribution in [2.45, 2.75) is 23.2 Å². The van der Waals surface area contributed by atoms with E-state index in [0.717, 1.165) is 28.8 Å². The van der Waals surface area contributed by atoms with Crippen molar-refractivity contribution in [1.29, 1.82) is 0 Å². The average Bonchev–Trinajstić information content (AvgIpc) is 3.47. The summed E-state index contributed by atoms with van der Waals surface area (Å²) in [5.74, 6) is -1.66. The molecule has 0 radical (unpaired) electrons. The van der Waals surface area contributed by atoms with Gasteiger partial charge in [0.15, 0.2) is 0 Å². The molecule has 0 saturated carbocycles. The van der Waals surface area contributed by atoms with Gasteiger partial charge in [-0.1, -0.05) is 41.9 Å². The van der Waals surface area contributed by atoms with Crippen LogP contribution >= 0.6 is 34.7 Å². The number of benzene rings is 3. The average molecular weight is 630 g/mol. The Morgan fingerprint density at radius 3 is 2.38 bits per heavy atom. The van der Waals surface area contributed by atoms with E-state index in [1.165, 1.54) is 17.4 Å². The van der Waals surface area contributed by atoms with E-state index in [-0.39, 0.29) is 10.7 Å². The van der Waals surface area contributed by atoms with E-state index in [4.69, 9.17) is 11.6 Å². The molecule has 3 amide bonds. The van der Waals surface area contributed by atoms with Crippen molar-refractivity contribution < 1.29 is 27.6 Å². The number of rotatable bonds is 9. The number of amides is 3. The molecule has 3 N–H and O–H groups in total. The minimum atomic E-state index is -4.70. The van der Waals surface area contributed by atoms with Gasteiger partial charge in [0.2, 0.25) is 5.91 Å². The zero-order valence-electron chi connectivity index (χ0n) is 21.9. The van der Waals surface area contributed by atoms with Gasteiger partial charge >= 0.3 is 6.18 Å². The smallest absolute Gasteiger partial charge is 0.325 e. The maximum atomic E-state index is 13.4. The third-order valence-corrected chi connectivity index (χ3v) is 7.83. The fraction of sp³-hybridized carbons (Fsp3) is 0.100. The monoisotopic (exact) mass is 629 g/mol. The largest absolute Gasteiger partial charge is 0.418 e. The Balaban J connectivity index is 1.45. The zero-order chi connectivity index (χ0) is 30.3. The van der Waals surface area contributed by atoms with Crippen LogP contribution in [-0.2, 0) is 15.8 Å². The summed E-state index contributed by atoms with van der Waals surface area (Å²) in [7, 11) is 0. The van der Waals surface area contributed by atoms with Crippen LogP contribution in [0.5, 0.6) is 0 Å². The van der Waals surface area contributed by atoms with Crippen LogP contribution in [0.3, 0.4) is 0 Å². The highest BCUT2D eigenvalue weighted by molar-refractivity contribution is 8.00. The summed E-state index contributed by atoms with van der Waals surface area (Å²) >= 11 is 8.21. The first kappa shape index (κ1) is 30.9. The minimum Gasteiger partial charge on any atom is -0.325 e. The number of carbonyl (C=O) groups excluding carboxylic acids is 3. The molecular weight excluding hydrogens is 607 g/mol. The third kappa shape index (κ3) is 8.48. The van der Waals surface area contributed by atoms with Gasteiger partial charge in [-0.2, -0.15) is 13.2 Å². The number of alkyl halides is 3. The quantitative estimate of drug-likeness (QED) is 0.130. The standard InChI is InChI=1S/C30H23ClF3N3O3S2/c1-18(27(38)36-25-13-12-20(31)15-24(25)30(32,33)34)42-23-10-5-9-21(16-23)35-29(40)26(17-22-11-6-14-41-22)37-28(39)19-7-3-2-4-8-19/h2-18H,1H3,(H,35,40)(H,36,38)(H,37,39)/b26-17-. The van der Waals surface area contributed by atoms with E-state index in [1.807, 2.05) is 11.4 Å². The lowest BCUT2D eigenvalue weighted by Gasteiger charge is -2.17. The molecule has 1 aromatic heterocycles. The lowest BCUT2D eigenvalue weighted by Crippen LogP contribution is -2.30. The van der Waals surface area contributed by atoms with Crippen LogP contribution in [0.4, 0.5) is 24.5 Å². The Morgan fingerprint density at radius 2 is 1.69 bits per heavy atom. The Bertz CT molecular complexity index is 1610. The predicted octanol–water partition coefficient (Wildman–Crippen LogP) is 7.95. The molecule has 0 aliphatic heterocycles. The maximum absolute atomic E-state index is 13.4. The second kappa shape index (κ2) is 13.7. The summed E-state index contributed by atoms with van der Waals surface area (Å²) in [6.07, 6.45) is -3.13. The number of nitrogens with one attached hydrogen (secondary N) is 3. The van der Waals surface area contributed by atoms with Crippen LogP contribution in [0.2, 0.25) is 5.02 Å². The lowest BCUT2D eigenvalue weighted by molar-refractivity contribution is -0.137. The van der Waals surface area contributed by atoms with Crippen molar-refractivity contribution in [3.8, 4) is 0 Å². The second-order valence-corrected chi connectivity index (χ2v) is 11.6. The molecule has 0 saturated heterocycles. The van der Waals surface area contributed by atoms with Gasteiger partial charge in [-0.15, -0.1) is 23.1 Å². The zero-order valence-corrected chi connectivity index (χ0v) is 24.3. The van der Waals surface area contributed by atoms with Crippen LogP contribution in [0.25, 0.3) is 6.08 Å². The van der Waals surface area contributed by atoms with Gasteiger partial charge in [0.25, 0.3) is 11.8 Å². The first-order valence-electron chi connectivity index (χ1n) is 12.4. The van der Waals surface area contributed by atoms with Crippen molar-refractivity contribution in [2.24, 2.45) is 0 Å². The van der Waals surface area contributed by atoms with Crippen molar-refractivity contribution >= 4 is 69.9 Å². The first-order chi connectivity index (χ1) is 20.0. The number of thiophene rings is 1. The minimum absolute atomic E-state index is 0.0283. The van der Waals surface area contributed by atoms with Crippen LogP contribution in [0.1, 0.15) is 27.7 Å². The number of hydrogen-bond acceptors (Lipinski definition) is 5. The fourth-order valence-corrected chi connectivity index (χ4v) is 5.41. The van der Waals surface area contributed by atoms with Crippen molar-refractivity contribution in [2.75, 3.05) is 10.6 Å². The number of halogens is 4. The van der Waals surface area contributed by atoms with Crippen LogP contribution in [0, 0.1) is 0 Å². The Kier molecular flexibility index (Phi) is 10.1. The molecule has 12 heteroatoms. The van der Waals surface area contributed by atoms with Crippen LogP contribution in [-0.4, -0.2) is 23.0 Å². The second-order valence-electron chi connectivity index (χ2n) is 8.81. The Hall–Kier alpha value is -4.06. The molecule has 216 valence electrons. The Morgan fingerprint density at radius 1 is 0.929 bits per heavy atom. The summed E-state index contributed by atoms with van der Waals surface area (Å²) in [6.45, 7) is 1.55. The number of thioether (sulfide) groups is 1. The molecule has 3 aromatic carbocycles. The topological polar surface area (TPSA) is 87.3 Å². The van der Waals surface area contributed by atoms with Gasteiger partial charge in [0.1, 0.15) is 5.70 Å². The van der Waals surface area contributed by atoms with Crippen LogP contribution in [0.15, 0.2) is 101 Å². The van der Waals surface area contributed by atoms with E-state index in [0.29, 0.717) is 16.1 Å². The fourth-order valence-electron chi connectivity index (χ4n) is 3.66. The summed E-state index contributed by atoms with van der Waals surface area (Å²) in [6, 6.07) is 21.8. The van der Waals surface area contributed by atoms with E-state index in [2.05, 4.69) is 16.0 Å². The van der Waals surface area contributed by atoms with Crippen LogP contribution < -0.4 is 16.0 Å². The van der Waals surface area contributed by atoms with E-state index < -0.39 is 40.4 Å². The highest BCUT2D eigenvalue weighted by Crippen LogP contribution is 2.37. The molecule has 1 heterocycles. The summed E-state index contributed by atoms with van der Waals surface area (Å²) in [5, 5.41) is 8.70. The molecule has 0 fully saturated rings. The molecule has 42 heavy (non-hydrogen) atoms. The van der Waals surface area contributed by atoms with Gasteiger partial charge in [0.05, 0.1) is 16.5 Å². The van der Waals surface area contributed by atoms with E-state index in [9.17, 15) is 27.6 Å². The van der Waals surface area contributed by atoms with E-state index >= 15 is 0 Å². The molecule has 1 unspecified atom stereocenters. The molecule has 0 spiro atoms. The molecule has 4 aromatic rings. The molecule has 0 aliphatic carbocycles. The summed E-state index contributed by atoms with van der Waals surface area (Å²) in [4.78, 5) is 40.1. The SMILES string of the molecule is CC(Sc1cccc(NC(=O)/C(=C/c2cccs2)NC(=O)c2ccccc2)c1)C(=O)Nc1ccc(Cl)cc1C(F)(F)F. The van der Waals surface area contributed by atoms with E-state index in [1.54, 1.807) is 73.7 Å². The molecule has 6 nitrogen and oxygen atoms in total. The highest BCUT2D eigenvalue weighted by atomic mass is 35.5. The van der Waals surface area contributed by atoms with Gasteiger partial charge < -0.3 is 16.0 Å². The normalized spacial score (nSPS) is 12.4. The molecular formula is C30H23ClF3N3O3S2. The number of hydrogen-bond donors (Lipinski definition) is 3. The van der Waals surface area contributed by atoms with Crippen molar-refractivity contribution in [1.82, 2.24) is 5.32 Å².